The molecule has 0 spiro atoms. The second kappa shape index (κ2) is 5.43. The monoisotopic (exact) mass is 327 g/mol. The molecule has 1 aromatic carbocycles. The first-order chi connectivity index (χ1) is 8.52. The largest absolute Gasteiger partial charge is 0.313 e. The van der Waals surface area contributed by atoms with Crippen molar-refractivity contribution in [1.29, 1.82) is 0 Å². The number of rotatable bonds is 3. The molecule has 0 saturated heterocycles. The number of hydrogen-bond donors (Lipinski definition) is 1. The second-order valence-corrected chi connectivity index (χ2v) is 5.48. The Morgan fingerprint density at radius 2 is 2.17 bits per heavy atom. The average molecular weight is 329 g/mol. The van der Waals surface area contributed by atoms with Crippen molar-refractivity contribution >= 4 is 27.5 Å². The summed E-state index contributed by atoms with van der Waals surface area (Å²) in [5, 5.41) is 8.26. The Labute approximate surface area is 120 Å². The van der Waals surface area contributed by atoms with E-state index in [2.05, 4.69) is 39.3 Å². The van der Waals surface area contributed by atoms with Gasteiger partial charge in [0.05, 0.1) is 16.4 Å². The Balaban J connectivity index is 2.40. The highest BCUT2D eigenvalue weighted by molar-refractivity contribution is 9.10. The minimum atomic E-state index is 0.302. The highest BCUT2D eigenvalue weighted by Gasteiger charge is 2.10. The van der Waals surface area contributed by atoms with Crippen LogP contribution in [0.5, 0.6) is 0 Å². The summed E-state index contributed by atoms with van der Waals surface area (Å²) >= 11 is 9.62. The van der Waals surface area contributed by atoms with Gasteiger partial charge in [0, 0.05) is 16.7 Å². The van der Waals surface area contributed by atoms with E-state index in [1.807, 2.05) is 32.3 Å². The lowest BCUT2D eigenvalue weighted by Crippen LogP contribution is -2.13. The van der Waals surface area contributed by atoms with Crippen LogP contribution in [0.2, 0.25) is 5.02 Å². The molecular weight excluding hydrogens is 314 g/mol. The van der Waals surface area contributed by atoms with Gasteiger partial charge in [0.1, 0.15) is 0 Å². The third-order valence-electron chi connectivity index (χ3n) is 2.99. The molecule has 2 aromatic rings. The highest BCUT2D eigenvalue weighted by atomic mass is 79.9. The topological polar surface area (TPSA) is 29.9 Å². The van der Waals surface area contributed by atoms with Crippen molar-refractivity contribution in [1.82, 2.24) is 15.1 Å². The van der Waals surface area contributed by atoms with Gasteiger partial charge in [-0.1, -0.05) is 33.6 Å². The first-order valence-electron chi connectivity index (χ1n) is 5.71. The van der Waals surface area contributed by atoms with Crippen molar-refractivity contribution in [3.8, 4) is 5.69 Å². The zero-order valence-electron chi connectivity index (χ0n) is 10.5. The van der Waals surface area contributed by atoms with E-state index in [-0.39, 0.29) is 0 Å². The molecule has 3 nitrogen and oxygen atoms in total. The van der Waals surface area contributed by atoms with Gasteiger partial charge in [0.2, 0.25) is 0 Å². The van der Waals surface area contributed by atoms with Crippen molar-refractivity contribution in [3.05, 3.63) is 45.1 Å². The predicted octanol–water partition coefficient (Wildman–Crippen LogP) is 3.88. The molecule has 96 valence electrons. The Bertz CT molecular complexity index is 546. The molecule has 0 aliphatic carbocycles. The molecule has 2 rings (SSSR count). The normalized spacial score (nSPS) is 12.7. The van der Waals surface area contributed by atoms with E-state index in [4.69, 9.17) is 11.6 Å². The van der Waals surface area contributed by atoms with Gasteiger partial charge < -0.3 is 5.32 Å². The first kappa shape index (κ1) is 13.6. The maximum atomic E-state index is 6.02. The number of nitrogens with one attached hydrogen (secondary N) is 1. The van der Waals surface area contributed by atoms with Gasteiger partial charge in [-0.05, 0) is 38.6 Å². The fourth-order valence-electron chi connectivity index (χ4n) is 1.74. The van der Waals surface area contributed by atoms with E-state index in [0.717, 1.165) is 15.9 Å². The smallest absolute Gasteiger partial charge is 0.0819 e. The van der Waals surface area contributed by atoms with Crippen molar-refractivity contribution in [3.63, 3.8) is 0 Å². The molecule has 0 aliphatic heterocycles. The number of nitrogens with zero attached hydrogens (tertiary/aromatic N) is 2. The summed E-state index contributed by atoms with van der Waals surface area (Å²) in [6.07, 6.45) is 1.82. The lowest BCUT2D eigenvalue weighted by molar-refractivity contribution is 0.649. The molecule has 0 radical (unpaired) electrons. The molecule has 5 heteroatoms. The zero-order chi connectivity index (χ0) is 13.3. The summed E-state index contributed by atoms with van der Waals surface area (Å²) in [6.45, 7) is 4.01. The van der Waals surface area contributed by atoms with Crippen LogP contribution in [0.15, 0.2) is 28.9 Å². The Morgan fingerprint density at radius 1 is 1.44 bits per heavy atom. The van der Waals surface area contributed by atoms with Crippen molar-refractivity contribution in [2.24, 2.45) is 0 Å². The SMILES string of the molecule is CNC(C)c1ccc(-n2cc(Cl)c(C)n2)cc1Br. The van der Waals surface area contributed by atoms with E-state index in [1.165, 1.54) is 5.56 Å². The summed E-state index contributed by atoms with van der Waals surface area (Å²) in [5.74, 6) is 0. The standard InChI is InChI=1S/C13H15BrClN3/c1-8(16-3)11-5-4-10(6-12(11)14)18-7-13(15)9(2)17-18/h4-8,16H,1-3H3. The quantitative estimate of drug-likeness (QED) is 0.926. The molecule has 0 fully saturated rings. The third kappa shape index (κ3) is 2.60. The van der Waals surface area contributed by atoms with Gasteiger partial charge in [-0.3, -0.25) is 0 Å². The van der Waals surface area contributed by atoms with Gasteiger partial charge in [0.25, 0.3) is 0 Å². The van der Waals surface area contributed by atoms with Crippen LogP contribution in [0.4, 0.5) is 0 Å². The van der Waals surface area contributed by atoms with Crippen LogP contribution in [0.25, 0.3) is 5.69 Å². The van der Waals surface area contributed by atoms with Gasteiger partial charge in [0.15, 0.2) is 0 Å². The molecule has 1 atom stereocenters. The van der Waals surface area contributed by atoms with Gasteiger partial charge in [-0.15, -0.1) is 0 Å². The number of aromatic nitrogens is 2. The number of benzene rings is 1. The van der Waals surface area contributed by atoms with Crippen molar-refractivity contribution in [2.45, 2.75) is 19.9 Å². The molecule has 1 N–H and O–H groups in total. The lowest BCUT2D eigenvalue weighted by atomic mass is 10.1. The highest BCUT2D eigenvalue weighted by Crippen LogP contribution is 2.26. The maximum absolute atomic E-state index is 6.02. The third-order valence-corrected chi connectivity index (χ3v) is 4.04. The van der Waals surface area contributed by atoms with Gasteiger partial charge in [-0.25, -0.2) is 4.68 Å². The fourth-order valence-corrected chi connectivity index (χ4v) is 2.58. The summed E-state index contributed by atoms with van der Waals surface area (Å²) < 4.78 is 2.85. The maximum Gasteiger partial charge on any atom is 0.0819 e. The molecule has 1 heterocycles. The van der Waals surface area contributed by atoms with Gasteiger partial charge in [-0.2, -0.15) is 5.10 Å². The number of aryl methyl sites for hydroxylation is 1. The Kier molecular flexibility index (Phi) is 4.10. The fraction of sp³-hybridized carbons (Fsp3) is 0.308. The van der Waals surface area contributed by atoms with Gasteiger partial charge >= 0.3 is 0 Å². The summed E-state index contributed by atoms with van der Waals surface area (Å²) in [6, 6.07) is 6.48. The van der Waals surface area contributed by atoms with Crippen LogP contribution in [0.3, 0.4) is 0 Å². The second-order valence-electron chi connectivity index (χ2n) is 4.22. The molecule has 0 saturated carbocycles. The zero-order valence-corrected chi connectivity index (χ0v) is 12.9. The summed E-state index contributed by atoms with van der Waals surface area (Å²) in [5.41, 5.74) is 3.04. The molecule has 0 amide bonds. The number of halogens is 2. The molecule has 0 bridgehead atoms. The van der Waals surface area contributed by atoms with E-state index in [0.29, 0.717) is 11.1 Å². The Morgan fingerprint density at radius 3 is 2.67 bits per heavy atom. The lowest BCUT2D eigenvalue weighted by Gasteiger charge is -2.13. The van der Waals surface area contributed by atoms with Crippen LogP contribution in [0.1, 0.15) is 24.2 Å². The molecule has 1 aromatic heterocycles. The van der Waals surface area contributed by atoms with Crippen LogP contribution in [-0.4, -0.2) is 16.8 Å². The Hall–Kier alpha value is -0.840. The number of hydrogen-bond acceptors (Lipinski definition) is 2. The van der Waals surface area contributed by atoms with Crippen molar-refractivity contribution < 1.29 is 0 Å². The molecule has 0 aliphatic rings. The van der Waals surface area contributed by atoms with E-state index in [1.54, 1.807) is 4.68 Å². The predicted molar refractivity (Wildman–Crippen MR) is 78.5 cm³/mol. The minimum absolute atomic E-state index is 0.302. The minimum Gasteiger partial charge on any atom is -0.313 e. The van der Waals surface area contributed by atoms with Crippen LogP contribution in [-0.2, 0) is 0 Å². The van der Waals surface area contributed by atoms with Crippen LogP contribution < -0.4 is 5.32 Å². The molecule has 18 heavy (non-hydrogen) atoms. The van der Waals surface area contributed by atoms with Crippen LogP contribution in [0, 0.1) is 6.92 Å². The first-order valence-corrected chi connectivity index (χ1v) is 6.89. The van der Waals surface area contributed by atoms with E-state index in [9.17, 15) is 0 Å². The van der Waals surface area contributed by atoms with Crippen molar-refractivity contribution in [2.75, 3.05) is 7.05 Å². The molecular formula is C13H15BrClN3. The summed E-state index contributed by atoms with van der Waals surface area (Å²) in [4.78, 5) is 0. The summed E-state index contributed by atoms with van der Waals surface area (Å²) in [7, 11) is 1.95. The average Bonchev–Trinajstić information content (AvgIpc) is 2.68. The van der Waals surface area contributed by atoms with E-state index >= 15 is 0 Å². The van der Waals surface area contributed by atoms with Crippen LogP contribution >= 0.6 is 27.5 Å². The van der Waals surface area contributed by atoms with E-state index < -0.39 is 0 Å². The molecule has 1 unspecified atom stereocenters.